The van der Waals surface area contributed by atoms with Crippen LogP contribution in [0.15, 0.2) is 18.2 Å². The van der Waals surface area contributed by atoms with E-state index in [1.807, 2.05) is 13.0 Å². The first-order valence-corrected chi connectivity index (χ1v) is 6.16. The maximum absolute atomic E-state index is 5.57. The van der Waals surface area contributed by atoms with Crippen LogP contribution >= 0.6 is 0 Å². The summed E-state index contributed by atoms with van der Waals surface area (Å²) >= 11 is 0. The highest BCUT2D eigenvalue weighted by Crippen LogP contribution is 2.28. The molecule has 1 heterocycles. The van der Waals surface area contributed by atoms with Crippen molar-refractivity contribution in [2.24, 2.45) is 5.73 Å². The first-order valence-electron chi connectivity index (χ1n) is 6.16. The summed E-state index contributed by atoms with van der Waals surface area (Å²) in [7, 11) is 0. The van der Waals surface area contributed by atoms with Crippen molar-refractivity contribution in [3.63, 3.8) is 0 Å². The van der Waals surface area contributed by atoms with Crippen LogP contribution in [0, 0.1) is 6.92 Å². The van der Waals surface area contributed by atoms with Crippen molar-refractivity contribution in [3.05, 3.63) is 29.6 Å². The van der Waals surface area contributed by atoms with Gasteiger partial charge in [-0.1, -0.05) is 6.07 Å². The molecule has 2 N–H and O–H groups in total. The molecule has 16 heavy (non-hydrogen) atoms. The first kappa shape index (κ1) is 11.6. The van der Waals surface area contributed by atoms with E-state index in [0.717, 1.165) is 37.8 Å². The molecule has 0 amide bonds. The van der Waals surface area contributed by atoms with Gasteiger partial charge < -0.3 is 5.73 Å². The Morgan fingerprint density at radius 2 is 2.25 bits per heavy atom. The molecule has 0 aromatic carbocycles. The molecular formula is C13H21N3. The van der Waals surface area contributed by atoms with Gasteiger partial charge in [0.05, 0.1) is 5.69 Å². The molecule has 0 radical (unpaired) electrons. The van der Waals surface area contributed by atoms with Crippen molar-refractivity contribution in [2.75, 3.05) is 13.1 Å². The molecule has 1 aromatic heterocycles. The van der Waals surface area contributed by atoms with Crippen LogP contribution in [0.4, 0.5) is 0 Å². The van der Waals surface area contributed by atoms with Gasteiger partial charge in [-0.25, -0.2) is 0 Å². The van der Waals surface area contributed by atoms with Crippen molar-refractivity contribution in [3.8, 4) is 0 Å². The molecule has 1 aliphatic carbocycles. The van der Waals surface area contributed by atoms with E-state index >= 15 is 0 Å². The lowest BCUT2D eigenvalue weighted by Crippen LogP contribution is -2.28. The zero-order valence-electron chi connectivity index (χ0n) is 10.0. The Bertz CT molecular complexity index is 334. The van der Waals surface area contributed by atoms with Crippen LogP contribution in [0.1, 0.15) is 30.7 Å². The van der Waals surface area contributed by atoms with E-state index in [1.165, 1.54) is 18.5 Å². The zero-order chi connectivity index (χ0) is 11.4. The predicted octanol–water partition coefficient (Wildman–Crippen LogP) is 1.70. The second kappa shape index (κ2) is 5.41. The van der Waals surface area contributed by atoms with E-state index in [9.17, 15) is 0 Å². The molecule has 1 aromatic rings. The summed E-state index contributed by atoms with van der Waals surface area (Å²) in [6.07, 6.45) is 3.77. The number of hydrogen-bond acceptors (Lipinski definition) is 3. The number of hydrogen-bond donors (Lipinski definition) is 1. The molecule has 2 rings (SSSR count). The Balaban J connectivity index is 1.94. The lowest BCUT2D eigenvalue weighted by Gasteiger charge is -2.21. The molecule has 1 saturated carbocycles. The number of nitrogens with zero attached hydrogens (tertiary/aromatic N) is 2. The van der Waals surface area contributed by atoms with Gasteiger partial charge in [0.25, 0.3) is 0 Å². The molecule has 0 saturated heterocycles. The van der Waals surface area contributed by atoms with Crippen LogP contribution < -0.4 is 5.73 Å². The first-order chi connectivity index (χ1) is 7.79. The van der Waals surface area contributed by atoms with Gasteiger partial charge in [-0.05, 0) is 44.9 Å². The number of nitrogens with two attached hydrogens (primary N) is 1. The van der Waals surface area contributed by atoms with E-state index in [-0.39, 0.29) is 0 Å². The average Bonchev–Trinajstić information content (AvgIpc) is 3.08. The molecule has 0 spiro atoms. The van der Waals surface area contributed by atoms with Gasteiger partial charge in [0.1, 0.15) is 0 Å². The molecule has 1 fully saturated rings. The van der Waals surface area contributed by atoms with Crippen LogP contribution in [0.5, 0.6) is 0 Å². The molecule has 0 unspecified atom stereocenters. The van der Waals surface area contributed by atoms with Gasteiger partial charge in [0.15, 0.2) is 0 Å². The quantitative estimate of drug-likeness (QED) is 0.792. The topological polar surface area (TPSA) is 42.1 Å². The summed E-state index contributed by atoms with van der Waals surface area (Å²) in [4.78, 5) is 7.08. The van der Waals surface area contributed by atoms with E-state index in [1.54, 1.807) is 0 Å². The SMILES string of the molecule is Cc1cccc(CN(CCCN)C2CC2)n1. The normalized spacial score (nSPS) is 15.7. The summed E-state index contributed by atoms with van der Waals surface area (Å²) in [5, 5.41) is 0. The predicted molar refractivity (Wildman–Crippen MR) is 66.1 cm³/mol. The van der Waals surface area contributed by atoms with Crippen LogP contribution in [-0.2, 0) is 6.54 Å². The highest BCUT2D eigenvalue weighted by atomic mass is 15.2. The van der Waals surface area contributed by atoms with E-state index in [0.29, 0.717) is 0 Å². The maximum atomic E-state index is 5.57. The van der Waals surface area contributed by atoms with Gasteiger partial charge in [0.2, 0.25) is 0 Å². The zero-order valence-corrected chi connectivity index (χ0v) is 10.0. The van der Waals surface area contributed by atoms with Crippen molar-refractivity contribution >= 4 is 0 Å². The van der Waals surface area contributed by atoms with Crippen molar-refractivity contribution < 1.29 is 0 Å². The lowest BCUT2D eigenvalue weighted by molar-refractivity contribution is 0.250. The number of rotatable bonds is 6. The fourth-order valence-electron chi connectivity index (χ4n) is 2.02. The number of aryl methyl sites for hydroxylation is 1. The Kier molecular flexibility index (Phi) is 3.91. The fraction of sp³-hybridized carbons (Fsp3) is 0.615. The molecule has 1 aliphatic rings. The Morgan fingerprint density at radius 3 is 2.88 bits per heavy atom. The number of pyridine rings is 1. The largest absolute Gasteiger partial charge is 0.330 e. The molecule has 0 aliphatic heterocycles. The minimum atomic E-state index is 0.782. The fourth-order valence-corrected chi connectivity index (χ4v) is 2.02. The van der Waals surface area contributed by atoms with Crippen molar-refractivity contribution in [1.82, 2.24) is 9.88 Å². The van der Waals surface area contributed by atoms with E-state index in [2.05, 4.69) is 22.0 Å². The third kappa shape index (κ3) is 3.29. The van der Waals surface area contributed by atoms with Gasteiger partial charge in [0, 0.05) is 24.8 Å². The lowest BCUT2D eigenvalue weighted by atomic mass is 10.2. The van der Waals surface area contributed by atoms with E-state index < -0.39 is 0 Å². The molecule has 3 nitrogen and oxygen atoms in total. The van der Waals surface area contributed by atoms with Crippen molar-refractivity contribution in [2.45, 2.75) is 38.8 Å². The third-order valence-corrected chi connectivity index (χ3v) is 3.02. The second-order valence-electron chi connectivity index (χ2n) is 4.61. The van der Waals surface area contributed by atoms with Crippen LogP contribution in [0.2, 0.25) is 0 Å². The molecular weight excluding hydrogens is 198 g/mol. The third-order valence-electron chi connectivity index (χ3n) is 3.02. The van der Waals surface area contributed by atoms with Crippen LogP contribution in [-0.4, -0.2) is 29.0 Å². The summed E-state index contributed by atoms with van der Waals surface area (Å²) in [6, 6.07) is 7.04. The molecule has 0 bridgehead atoms. The Hall–Kier alpha value is -0.930. The molecule has 3 heteroatoms. The van der Waals surface area contributed by atoms with Gasteiger partial charge in [-0.15, -0.1) is 0 Å². The van der Waals surface area contributed by atoms with E-state index in [4.69, 9.17) is 5.73 Å². The second-order valence-corrected chi connectivity index (χ2v) is 4.61. The van der Waals surface area contributed by atoms with Gasteiger partial charge in [-0.3, -0.25) is 9.88 Å². The van der Waals surface area contributed by atoms with Crippen LogP contribution in [0.3, 0.4) is 0 Å². The minimum absolute atomic E-state index is 0.782. The number of aromatic nitrogens is 1. The smallest absolute Gasteiger partial charge is 0.0547 e. The summed E-state index contributed by atoms with van der Waals surface area (Å²) in [5.74, 6) is 0. The van der Waals surface area contributed by atoms with Crippen LogP contribution in [0.25, 0.3) is 0 Å². The van der Waals surface area contributed by atoms with Crippen molar-refractivity contribution in [1.29, 1.82) is 0 Å². The standard InChI is InChI=1S/C13H21N3/c1-11-4-2-5-12(15-11)10-16(9-3-8-14)13-6-7-13/h2,4-5,13H,3,6-10,14H2,1H3. The Labute approximate surface area is 97.7 Å². The molecule has 0 atom stereocenters. The summed E-state index contributed by atoms with van der Waals surface area (Å²) < 4.78 is 0. The monoisotopic (exact) mass is 219 g/mol. The highest BCUT2D eigenvalue weighted by molar-refractivity contribution is 5.10. The highest BCUT2D eigenvalue weighted by Gasteiger charge is 2.28. The van der Waals surface area contributed by atoms with Gasteiger partial charge >= 0.3 is 0 Å². The van der Waals surface area contributed by atoms with Gasteiger partial charge in [-0.2, -0.15) is 0 Å². The summed E-state index contributed by atoms with van der Waals surface area (Å²) in [6.45, 7) is 4.92. The Morgan fingerprint density at radius 1 is 1.44 bits per heavy atom. The average molecular weight is 219 g/mol. The molecule has 88 valence electrons. The summed E-state index contributed by atoms with van der Waals surface area (Å²) in [5.41, 5.74) is 7.86. The maximum Gasteiger partial charge on any atom is 0.0547 e. The minimum Gasteiger partial charge on any atom is -0.330 e.